The van der Waals surface area contributed by atoms with E-state index in [9.17, 15) is 4.79 Å². The minimum absolute atomic E-state index is 0.0324. The van der Waals surface area contributed by atoms with Gasteiger partial charge in [0.15, 0.2) is 11.7 Å². The summed E-state index contributed by atoms with van der Waals surface area (Å²) in [4.78, 5) is 11.9. The number of alkyl halides is 1. The molecular weight excluding hydrogens is 401 g/mol. The number of carbonyl (C=O) groups excluding carboxylic acids is 1. The summed E-state index contributed by atoms with van der Waals surface area (Å²) < 4.78 is 33.6. The number of hydrogen-bond donors (Lipinski definition) is 3. The molecule has 2 atom stereocenters. The quantitative estimate of drug-likeness (QED) is 0.213. The highest BCUT2D eigenvalue weighted by Crippen LogP contribution is 2.47. The fraction of sp³-hybridized carbons (Fsp3) is 0.565. The van der Waals surface area contributed by atoms with Crippen molar-refractivity contribution in [3.8, 4) is 0 Å². The standard InChI is InChI=1S/C23H34FN3O4/c1-17(2)31-23(30-15-7-14-29-3)16-22(24,13-11-20(28)27-21(25)26)12-10-19(23)18-8-5-4-6-9-18/h4-6,8-10,17H,7,11-16H2,1-3H3,(H4,25,26,27,28). The highest BCUT2D eigenvalue weighted by atomic mass is 19.1. The molecule has 31 heavy (non-hydrogen) atoms. The average Bonchev–Trinajstić information content (AvgIpc) is 2.70. The molecule has 0 bridgehead atoms. The average molecular weight is 436 g/mol. The number of ether oxygens (including phenoxy) is 3. The summed E-state index contributed by atoms with van der Waals surface area (Å²) >= 11 is 0. The molecule has 0 aliphatic heterocycles. The molecule has 0 saturated heterocycles. The molecule has 0 spiro atoms. The van der Waals surface area contributed by atoms with Crippen LogP contribution in [0.1, 0.15) is 51.5 Å². The Bertz CT molecular complexity index is 771. The monoisotopic (exact) mass is 435 g/mol. The van der Waals surface area contributed by atoms with E-state index in [4.69, 9.17) is 25.4 Å². The van der Waals surface area contributed by atoms with E-state index in [1.54, 1.807) is 7.11 Å². The van der Waals surface area contributed by atoms with Crippen LogP contribution in [0, 0.1) is 5.41 Å². The Morgan fingerprint density at radius 1 is 1.29 bits per heavy atom. The van der Waals surface area contributed by atoms with Crippen molar-refractivity contribution in [1.82, 2.24) is 5.32 Å². The van der Waals surface area contributed by atoms with Gasteiger partial charge in [-0.3, -0.25) is 15.5 Å². The maximum absolute atomic E-state index is 16.0. The highest BCUT2D eigenvalue weighted by molar-refractivity contribution is 5.94. The number of methoxy groups -OCH3 is 1. The zero-order chi connectivity index (χ0) is 22.9. The van der Waals surface area contributed by atoms with Gasteiger partial charge in [0.05, 0.1) is 12.7 Å². The van der Waals surface area contributed by atoms with Crippen LogP contribution in [0.3, 0.4) is 0 Å². The van der Waals surface area contributed by atoms with E-state index in [1.165, 1.54) is 0 Å². The smallest absolute Gasteiger partial charge is 0.226 e. The third kappa shape index (κ3) is 7.41. The summed E-state index contributed by atoms with van der Waals surface area (Å²) in [5, 5.41) is 9.36. The molecule has 1 amide bonds. The fourth-order valence-corrected chi connectivity index (χ4v) is 3.81. The van der Waals surface area contributed by atoms with Gasteiger partial charge in [0, 0.05) is 38.6 Å². The first-order valence-electron chi connectivity index (χ1n) is 10.6. The zero-order valence-electron chi connectivity index (χ0n) is 18.6. The van der Waals surface area contributed by atoms with Crippen LogP contribution < -0.4 is 11.1 Å². The number of halogens is 1. The van der Waals surface area contributed by atoms with Gasteiger partial charge in [0.25, 0.3) is 0 Å². The van der Waals surface area contributed by atoms with Crippen molar-refractivity contribution in [2.45, 2.75) is 63.5 Å². The maximum atomic E-state index is 16.0. The first-order chi connectivity index (χ1) is 14.7. The molecule has 2 rings (SSSR count). The van der Waals surface area contributed by atoms with Crippen LogP contribution in [0.4, 0.5) is 4.39 Å². The summed E-state index contributed by atoms with van der Waals surface area (Å²) in [5.41, 5.74) is 5.19. The molecule has 0 heterocycles. The topological polar surface area (TPSA) is 107 Å². The summed E-state index contributed by atoms with van der Waals surface area (Å²) in [7, 11) is 1.62. The Morgan fingerprint density at radius 2 is 2.00 bits per heavy atom. The lowest BCUT2D eigenvalue weighted by atomic mass is 9.77. The largest absolute Gasteiger partial charge is 0.385 e. The van der Waals surface area contributed by atoms with Crippen LogP contribution in [0.5, 0.6) is 0 Å². The molecule has 7 nitrogen and oxygen atoms in total. The van der Waals surface area contributed by atoms with Crippen LogP contribution in [0.25, 0.3) is 5.57 Å². The predicted molar refractivity (Wildman–Crippen MR) is 118 cm³/mol. The number of nitrogens with one attached hydrogen (secondary N) is 2. The first-order valence-corrected chi connectivity index (χ1v) is 10.6. The molecular formula is C23H34FN3O4. The van der Waals surface area contributed by atoms with E-state index in [1.807, 2.05) is 50.3 Å². The normalized spacial score (nSPS) is 23.5. The lowest BCUT2D eigenvalue weighted by Crippen LogP contribution is -2.49. The second-order valence-electron chi connectivity index (χ2n) is 8.09. The van der Waals surface area contributed by atoms with E-state index in [2.05, 4.69) is 5.32 Å². The van der Waals surface area contributed by atoms with E-state index in [0.717, 1.165) is 11.1 Å². The molecule has 0 aromatic heterocycles. The van der Waals surface area contributed by atoms with Gasteiger partial charge >= 0.3 is 0 Å². The van der Waals surface area contributed by atoms with Gasteiger partial charge < -0.3 is 19.9 Å². The lowest BCUT2D eigenvalue weighted by Gasteiger charge is -2.45. The second-order valence-corrected chi connectivity index (χ2v) is 8.09. The number of nitrogens with two attached hydrogens (primary N) is 1. The fourth-order valence-electron chi connectivity index (χ4n) is 3.81. The number of rotatable bonds is 11. The van der Waals surface area contributed by atoms with Crippen molar-refractivity contribution in [1.29, 1.82) is 5.41 Å². The van der Waals surface area contributed by atoms with Crippen LogP contribution in [0.2, 0.25) is 0 Å². The van der Waals surface area contributed by atoms with E-state index < -0.39 is 23.3 Å². The molecule has 1 aromatic rings. The minimum atomic E-state index is -1.71. The number of amides is 1. The van der Waals surface area contributed by atoms with Gasteiger partial charge in [-0.2, -0.15) is 0 Å². The maximum Gasteiger partial charge on any atom is 0.226 e. The molecule has 1 aromatic carbocycles. The zero-order valence-corrected chi connectivity index (χ0v) is 18.6. The molecule has 0 fully saturated rings. The molecule has 0 saturated carbocycles. The van der Waals surface area contributed by atoms with Gasteiger partial charge in [-0.25, -0.2) is 4.39 Å². The Kier molecular flexibility index (Phi) is 9.15. The molecule has 1 aliphatic carbocycles. The number of guanidine groups is 1. The van der Waals surface area contributed by atoms with Crippen LogP contribution in [0.15, 0.2) is 36.4 Å². The third-order valence-electron chi connectivity index (χ3n) is 5.04. The SMILES string of the molecule is COCCCOC1(OC(C)C)CC(F)(CCC(=O)NC(=N)N)CC=C1c1ccccc1. The summed E-state index contributed by atoms with van der Waals surface area (Å²) in [5.74, 6) is -2.22. The number of benzene rings is 1. The second kappa shape index (κ2) is 11.4. The van der Waals surface area contributed by atoms with Gasteiger partial charge in [-0.1, -0.05) is 36.4 Å². The predicted octanol–water partition coefficient (Wildman–Crippen LogP) is 3.54. The summed E-state index contributed by atoms with van der Waals surface area (Å²) in [6.07, 6.45) is 2.22. The third-order valence-corrected chi connectivity index (χ3v) is 5.04. The Hall–Kier alpha value is -2.29. The van der Waals surface area contributed by atoms with Gasteiger partial charge in [-0.05, 0) is 32.3 Å². The Morgan fingerprint density at radius 3 is 2.61 bits per heavy atom. The van der Waals surface area contributed by atoms with Crippen LogP contribution in [-0.4, -0.2) is 49.8 Å². The molecule has 4 N–H and O–H groups in total. The van der Waals surface area contributed by atoms with Crippen molar-refractivity contribution < 1.29 is 23.4 Å². The summed E-state index contributed by atoms with van der Waals surface area (Å²) in [6, 6.07) is 9.67. The summed E-state index contributed by atoms with van der Waals surface area (Å²) in [6.45, 7) is 4.63. The van der Waals surface area contributed by atoms with Crippen molar-refractivity contribution in [3.63, 3.8) is 0 Å². The lowest BCUT2D eigenvalue weighted by molar-refractivity contribution is -0.236. The minimum Gasteiger partial charge on any atom is -0.385 e. The highest BCUT2D eigenvalue weighted by Gasteiger charge is 2.49. The molecule has 8 heteroatoms. The van der Waals surface area contributed by atoms with Crippen molar-refractivity contribution in [2.75, 3.05) is 20.3 Å². The first kappa shape index (κ1) is 25.0. The van der Waals surface area contributed by atoms with Crippen LogP contribution in [-0.2, 0) is 19.0 Å². The number of hydrogen-bond acceptors (Lipinski definition) is 5. The Balaban J connectivity index is 2.33. The number of allylic oxidation sites excluding steroid dienone is 1. The van der Waals surface area contributed by atoms with E-state index in [0.29, 0.717) is 19.6 Å². The van der Waals surface area contributed by atoms with Gasteiger partial charge in [-0.15, -0.1) is 0 Å². The Labute approximate surface area is 183 Å². The van der Waals surface area contributed by atoms with E-state index >= 15 is 4.39 Å². The number of carbonyl (C=O) groups is 1. The van der Waals surface area contributed by atoms with Gasteiger partial charge in [0.2, 0.25) is 5.91 Å². The molecule has 172 valence electrons. The van der Waals surface area contributed by atoms with Crippen molar-refractivity contribution in [3.05, 3.63) is 42.0 Å². The molecule has 1 aliphatic rings. The molecule has 2 unspecified atom stereocenters. The van der Waals surface area contributed by atoms with Crippen molar-refractivity contribution in [2.24, 2.45) is 5.73 Å². The molecule has 0 radical (unpaired) electrons. The van der Waals surface area contributed by atoms with E-state index in [-0.39, 0.29) is 31.8 Å². The van der Waals surface area contributed by atoms with Crippen LogP contribution >= 0.6 is 0 Å². The van der Waals surface area contributed by atoms with Gasteiger partial charge in [0.1, 0.15) is 5.67 Å². The van der Waals surface area contributed by atoms with Crippen molar-refractivity contribution >= 4 is 17.4 Å².